The Morgan fingerprint density at radius 1 is 1.43 bits per heavy atom. The third kappa shape index (κ3) is 2.10. The zero-order chi connectivity index (χ0) is 9.97. The Bertz CT molecular complexity index is 289. The van der Waals surface area contributed by atoms with Crippen molar-refractivity contribution in [2.45, 2.75) is 25.8 Å². The van der Waals surface area contributed by atoms with E-state index >= 15 is 0 Å². The van der Waals surface area contributed by atoms with Crippen molar-refractivity contribution in [3.63, 3.8) is 0 Å². The Morgan fingerprint density at radius 3 is 2.86 bits per heavy atom. The van der Waals surface area contributed by atoms with E-state index in [1.54, 1.807) is 6.20 Å². The van der Waals surface area contributed by atoms with E-state index in [0.717, 1.165) is 24.4 Å². The second-order valence-electron chi connectivity index (χ2n) is 4.06. The standard InChI is InChI=1S/C11H15FN2/c1-8-2-4-10(13-6-8)9-3-5-11(12)14-7-9/h3,5,7-8,10,13H,2,4,6H2,1H3/t8-,10+/m0/s1. The van der Waals surface area contributed by atoms with Crippen molar-refractivity contribution in [1.29, 1.82) is 0 Å². The fourth-order valence-electron chi connectivity index (χ4n) is 1.88. The van der Waals surface area contributed by atoms with Crippen LogP contribution in [0.5, 0.6) is 0 Å². The summed E-state index contributed by atoms with van der Waals surface area (Å²) in [6.45, 7) is 3.29. The topological polar surface area (TPSA) is 24.9 Å². The Balaban J connectivity index is 2.05. The van der Waals surface area contributed by atoms with Crippen molar-refractivity contribution < 1.29 is 4.39 Å². The van der Waals surface area contributed by atoms with Crippen molar-refractivity contribution in [1.82, 2.24) is 10.3 Å². The van der Waals surface area contributed by atoms with Gasteiger partial charge in [-0.25, -0.2) is 4.98 Å². The van der Waals surface area contributed by atoms with E-state index in [1.807, 2.05) is 6.07 Å². The van der Waals surface area contributed by atoms with Gasteiger partial charge in [0.05, 0.1) is 0 Å². The summed E-state index contributed by atoms with van der Waals surface area (Å²) >= 11 is 0. The summed E-state index contributed by atoms with van der Waals surface area (Å²) in [6, 6.07) is 3.60. The van der Waals surface area contributed by atoms with Gasteiger partial charge in [-0.1, -0.05) is 13.0 Å². The molecular weight excluding hydrogens is 179 g/mol. The van der Waals surface area contributed by atoms with Crippen LogP contribution in [0.4, 0.5) is 4.39 Å². The van der Waals surface area contributed by atoms with Gasteiger partial charge in [-0.2, -0.15) is 4.39 Å². The van der Waals surface area contributed by atoms with E-state index < -0.39 is 5.95 Å². The van der Waals surface area contributed by atoms with E-state index in [1.165, 1.54) is 12.5 Å². The summed E-state index contributed by atoms with van der Waals surface area (Å²) in [5.74, 6) is 0.345. The predicted molar refractivity (Wildman–Crippen MR) is 53.3 cm³/mol. The molecule has 0 saturated carbocycles. The molecule has 0 bridgehead atoms. The summed E-state index contributed by atoms with van der Waals surface area (Å²) in [4.78, 5) is 3.67. The molecule has 0 amide bonds. The highest BCUT2D eigenvalue weighted by atomic mass is 19.1. The first-order valence-corrected chi connectivity index (χ1v) is 5.10. The predicted octanol–water partition coefficient (Wildman–Crippen LogP) is 2.28. The van der Waals surface area contributed by atoms with Gasteiger partial charge in [0.1, 0.15) is 0 Å². The lowest BCUT2D eigenvalue weighted by atomic mass is 9.93. The molecule has 2 rings (SSSR count). The summed E-state index contributed by atoms with van der Waals surface area (Å²) in [5, 5.41) is 3.44. The molecule has 0 aliphatic carbocycles. The molecular formula is C11H15FN2. The van der Waals surface area contributed by atoms with Crippen LogP contribution in [0.15, 0.2) is 18.3 Å². The number of rotatable bonds is 1. The third-order valence-electron chi connectivity index (χ3n) is 2.81. The molecule has 1 N–H and O–H groups in total. The van der Waals surface area contributed by atoms with Crippen LogP contribution in [0, 0.1) is 11.9 Å². The molecule has 2 atom stereocenters. The van der Waals surface area contributed by atoms with Gasteiger partial charge in [0.2, 0.25) is 5.95 Å². The van der Waals surface area contributed by atoms with Gasteiger partial charge in [-0.15, -0.1) is 0 Å². The molecule has 14 heavy (non-hydrogen) atoms. The van der Waals surface area contributed by atoms with E-state index in [4.69, 9.17) is 0 Å². The first-order chi connectivity index (χ1) is 6.75. The van der Waals surface area contributed by atoms with Crippen LogP contribution in [-0.4, -0.2) is 11.5 Å². The average molecular weight is 194 g/mol. The van der Waals surface area contributed by atoms with Gasteiger partial charge in [0.15, 0.2) is 0 Å². The van der Waals surface area contributed by atoms with Gasteiger partial charge < -0.3 is 5.32 Å². The fraction of sp³-hybridized carbons (Fsp3) is 0.545. The Morgan fingerprint density at radius 2 is 2.29 bits per heavy atom. The summed E-state index contributed by atoms with van der Waals surface area (Å²) < 4.78 is 12.6. The number of nitrogens with one attached hydrogen (secondary N) is 1. The maximum absolute atomic E-state index is 12.6. The molecule has 2 heterocycles. The van der Waals surface area contributed by atoms with Gasteiger partial charge >= 0.3 is 0 Å². The minimum atomic E-state index is -0.405. The van der Waals surface area contributed by atoms with Gasteiger partial charge in [-0.05, 0) is 36.9 Å². The molecule has 1 saturated heterocycles. The largest absolute Gasteiger partial charge is 0.310 e. The average Bonchev–Trinajstić information content (AvgIpc) is 2.21. The van der Waals surface area contributed by atoms with Crippen molar-refractivity contribution in [2.24, 2.45) is 5.92 Å². The number of hydrogen-bond acceptors (Lipinski definition) is 2. The highest BCUT2D eigenvalue weighted by Gasteiger charge is 2.18. The summed E-state index contributed by atoms with van der Waals surface area (Å²) in [7, 11) is 0. The molecule has 0 spiro atoms. The number of pyridine rings is 1. The maximum Gasteiger partial charge on any atom is 0.212 e. The number of hydrogen-bond donors (Lipinski definition) is 1. The molecule has 3 heteroatoms. The van der Waals surface area contributed by atoms with Crippen LogP contribution in [0.25, 0.3) is 0 Å². The SMILES string of the molecule is C[C@H]1CC[C@H](c2ccc(F)nc2)NC1. The molecule has 76 valence electrons. The molecule has 0 radical (unpaired) electrons. The molecule has 2 nitrogen and oxygen atoms in total. The zero-order valence-corrected chi connectivity index (χ0v) is 8.33. The lowest BCUT2D eigenvalue weighted by molar-refractivity contribution is 0.332. The third-order valence-corrected chi connectivity index (χ3v) is 2.81. The van der Waals surface area contributed by atoms with Gasteiger partial charge in [0, 0.05) is 12.2 Å². The van der Waals surface area contributed by atoms with Crippen molar-refractivity contribution in [2.75, 3.05) is 6.54 Å². The molecule has 0 aromatic carbocycles. The quantitative estimate of drug-likeness (QED) is 0.694. The van der Waals surface area contributed by atoms with Crippen LogP contribution in [-0.2, 0) is 0 Å². The van der Waals surface area contributed by atoms with Crippen LogP contribution in [0.1, 0.15) is 31.4 Å². The minimum Gasteiger partial charge on any atom is -0.310 e. The fourth-order valence-corrected chi connectivity index (χ4v) is 1.88. The first kappa shape index (κ1) is 9.59. The number of nitrogens with zero attached hydrogens (tertiary/aromatic N) is 1. The monoisotopic (exact) mass is 194 g/mol. The Labute approximate surface area is 83.6 Å². The maximum atomic E-state index is 12.6. The molecule has 1 aliphatic rings. The van der Waals surface area contributed by atoms with E-state index in [-0.39, 0.29) is 0 Å². The van der Waals surface area contributed by atoms with Crippen LogP contribution in [0.2, 0.25) is 0 Å². The van der Waals surface area contributed by atoms with E-state index in [9.17, 15) is 4.39 Å². The smallest absolute Gasteiger partial charge is 0.212 e. The number of aromatic nitrogens is 1. The first-order valence-electron chi connectivity index (χ1n) is 5.10. The van der Waals surface area contributed by atoms with E-state index in [0.29, 0.717) is 6.04 Å². The molecule has 1 aromatic rings. The zero-order valence-electron chi connectivity index (χ0n) is 8.33. The van der Waals surface area contributed by atoms with E-state index in [2.05, 4.69) is 17.2 Å². The van der Waals surface area contributed by atoms with Crippen molar-refractivity contribution in [3.05, 3.63) is 29.8 Å². The summed E-state index contributed by atoms with van der Waals surface area (Å²) in [6.07, 6.45) is 3.98. The van der Waals surface area contributed by atoms with Crippen LogP contribution in [0.3, 0.4) is 0 Å². The second kappa shape index (κ2) is 4.05. The van der Waals surface area contributed by atoms with Crippen LogP contribution >= 0.6 is 0 Å². The minimum absolute atomic E-state index is 0.360. The lowest BCUT2D eigenvalue weighted by Crippen LogP contribution is -2.31. The lowest BCUT2D eigenvalue weighted by Gasteiger charge is -2.27. The van der Waals surface area contributed by atoms with Crippen molar-refractivity contribution in [3.8, 4) is 0 Å². The second-order valence-corrected chi connectivity index (χ2v) is 4.06. The summed E-state index contributed by atoms with van der Waals surface area (Å²) in [5.41, 5.74) is 1.10. The molecule has 1 fully saturated rings. The van der Waals surface area contributed by atoms with Crippen molar-refractivity contribution >= 4 is 0 Å². The van der Waals surface area contributed by atoms with Gasteiger partial charge in [-0.3, -0.25) is 0 Å². The molecule has 0 unspecified atom stereocenters. The van der Waals surface area contributed by atoms with Gasteiger partial charge in [0.25, 0.3) is 0 Å². The molecule has 1 aromatic heterocycles. The number of piperidine rings is 1. The number of halogens is 1. The normalized spacial score (nSPS) is 27.6. The Kier molecular flexibility index (Phi) is 2.77. The highest BCUT2D eigenvalue weighted by molar-refractivity contribution is 5.15. The molecule has 1 aliphatic heterocycles. The highest BCUT2D eigenvalue weighted by Crippen LogP contribution is 2.24. The Hall–Kier alpha value is -0.960. The van der Waals surface area contributed by atoms with Crippen LogP contribution < -0.4 is 5.32 Å².